The topological polar surface area (TPSA) is 58.4 Å². The highest BCUT2D eigenvalue weighted by Crippen LogP contribution is 2.45. The van der Waals surface area contributed by atoms with E-state index >= 15 is 0 Å². The van der Waals surface area contributed by atoms with Gasteiger partial charge in [-0.3, -0.25) is 15.0 Å². The maximum atomic E-state index is 11.1. The van der Waals surface area contributed by atoms with E-state index in [0.717, 1.165) is 37.3 Å². The first-order valence-electron chi connectivity index (χ1n) is 7.36. The van der Waals surface area contributed by atoms with Crippen molar-refractivity contribution in [2.45, 2.75) is 25.8 Å². The molecular weight excluding hydrogens is 254 g/mol. The molecule has 1 N–H and O–H groups in total. The Balaban J connectivity index is 1.91. The number of piperazine rings is 1. The van der Waals surface area contributed by atoms with Crippen LogP contribution in [0.25, 0.3) is 0 Å². The molecule has 0 unspecified atom stereocenters. The zero-order valence-electron chi connectivity index (χ0n) is 11.8. The van der Waals surface area contributed by atoms with E-state index in [0.29, 0.717) is 12.0 Å². The molecule has 1 heterocycles. The smallest absolute Gasteiger partial charge is 0.272 e. The molecule has 108 valence electrons. The molecule has 5 heteroatoms. The van der Waals surface area contributed by atoms with Gasteiger partial charge < -0.3 is 5.32 Å². The Morgan fingerprint density at radius 3 is 2.65 bits per heavy atom. The number of nitrogens with one attached hydrogen (secondary N) is 1. The zero-order valence-corrected chi connectivity index (χ0v) is 11.8. The van der Waals surface area contributed by atoms with E-state index in [1.807, 2.05) is 6.07 Å². The van der Waals surface area contributed by atoms with Gasteiger partial charge in [-0.05, 0) is 31.2 Å². The molecule has 3 rings (SSSR count). The maximum absolute atomic E-state index is 11.1. The van der Waals surface area contributed by atoms with Crippen molar-refractivity contribution in [2.24, 2.45) is 5.92 Å². The Labute approximate surface area is 119 Å². The molecule has 5 nitrogen and oxygen atoms in total. The van der Waals surface area contributed by atoms with Crippen LogP contribution in [0.1, 0.15) is 30.0 Å². The molecule has 2 fully saturated rings. The summed E-state index contributed by atoms with van der Waals surface area (Å²) in [7, 11) is 0. The minimum absolute atomic E-state index is 0.253. The number of rotatable bonds is 4. The molecule has 20 heavy (non-hydrogen) atoms. The first kappa shape index (κ1) is 13.5. The lowest BCUT2D eigenvalue weighted by atomic mass is 9.97. The Hall–Kier alpha value is -1.46. The lowest BCUT2D eigenvalue weighted by Crippen LogP contribution is -2.45. The predicted octanol–water partition coefficient (Wildman–Crippen LogP) is 2.26. The molecule has 1 atom stereocenters. The van der Waals surface area contributed by atoms with Crippen molar-refractivity contribution < 1.29 is 4.92 Å². The fourth-order valence-electron chi connectivity index (χ4n) is 3.16. The number of aryl methyl sites for hydroxylation is 1. The maximum Gasteiger partial charge on any atom is 0.272 e. The van der Waals surface area contributed by atoms with Crippen molar-refractivity contribution in [3.8, 4) is 0 Å². The molecule has 0 bridgehead atoms. The molecule has 1 aliphatic carbocycles. The molecule has 0 aromatic heterocycles. The second kappa shape index (κ2) is 5.50. The number of benzene rings is 1. The summed E-state index contributed by atoms with van der Waals surface area (Å²) in [5.74, 6) is 0.676. The average molecular weight is 275 g/mol. The van der Waals surface area contributed by atoms with Gasteiger partial charge in [0.05, 0.1) is 4.92 Å². The fraction of sp³-hybridized carbons (Fsp3) is 0.600. The lowest BCUT2D eigenvalue weighted by molar-refractivity contribution is -0.385. The second-order valence-corrected chi connectivity index (χ2v) is 5.87. The first-order chi connectivity index (χ1) is 9.66. The summed E-state index contributed by atoms with van der Waals surface area (Å²) >= 11 is 0. The van der Waals surface area contributed by atoms with Crippen molar-refractivity contribution >= 4 is 5.69 Å². The van der Waals surface area contributed by atoms with E-state index in [9.17, 15) is 10.1 Å². The number of nitro groups is 1. The summed E-state index contributed by atoms with van der Waals surface area (Å²) in [5, 5.41) is 14.5. The van der Waals surface area contributed by atoms with Gasteiger partial charge in [-0.25, -0.2) is 0 Å². The van der Waals surface area contributed by atoms with Crippen LogP contribution < -0.4 is 5.32 Å². The molecule has 0 radical (unpaired) electrons. The molecule has 1 saturated carbocycles. The molecular formula is C15H21N3O2. The highest BCUT2D eigenvalue weighted by molar-refractivity contribution is 5.43. The van der Waals surface area contributed by atoms with Gasteiger partial charge in [0.1, 0.15) is 0 Å². The van der Waals surface area contributed by atoms with Crippen molar-refractivity contribution in [3.05, 3.63) is 39.4 Å². The van der Waals surface area contributed by atoms with Crippen LogP contribution in [0.4, 0.5) is 5.69 Å². The van der Waals surface area contributed by atoms with Gasteiger partial charge in [-0.2, -0.15) is 0 Å². The summed E-state index contributed by atoms with van der Waals surface area (Å²) < 4.78 is 0. The molecule has 1 aliphatic heterocycles. The molecule has 1 aromatic rings. The van der Waals surface area contributed by atoms with Gasteiger partial charge in [0, 0.05) is 43.9 Å². The minimum atomic E-state index is -0.263. The Morgan fingerprint density at radius 1 is 1.35 bits per heavy atom. The van der Waals surface area contributed by atoms with Crippen LogP contribution in [0.3, 0.4) is 0 Å². The third-order valence-electron chi connectivity index (χ3n) is 4.38. The van der Waals surface area contributed by atoms with Crippen LogP contribution in [0.2, 0.25) is 0 Å². The monoisotopic (exact) mass is 275 g/mol. The van der Waals surface area contributed by atoms with Gasteiger partial charge in [0.25, 0.3) is 5.69 Å². The summed E-state index contributed by atoms with van der Waals surface area (Å²) in [6.07, 6.45) is 2.49. The summed E-state index contributed by atoms with van der Waals surface area (Å²) in [5.41, 5.74) is 2.11. The Bertz CT molecular complexity index is 508. The summed E-state index contributed by atoms with van der Waals surface area (Å²) in [4.78, 5) is 13.4. The van der Waals surface area contributed by atoms with Gasteiger partial charge in [0.2, 0.25) is 0 Å². The fourth-order valence-corrected chi connectivity index (χ4v) is 3.16. The molecule has 0 spiro atoms. The first-order valence-corrected chi connectivity index (χ1v) is 7.36. The SMILES string of the molecule is Cc1ccc([C@@H](C2CC2)N2CCNCC2)cc1[N+](=O)[O-]. The number of nitrogens with zero attached hydrogens (tertiary/aromatic N) is 2. The van der Waals surface area contributed by atoms with Crippen molar-refractivity contribution in [1.29, 1.82) is 0 Å². The van der Waals surface area contributed by atoms with E-state index in [-0.39, 0.29) is 10.6 Å². The van der Waals surface area contributed by atoms with Gasteiger partial charge >= 0.3 is 0 Å². The van der Waals surface area contributed by atoms with Crippen LogP contribution in [0, 0.1) is 23.0 Å². The summed E-state index contributed by atoms with van der Waals surface area (Å²) in [6.45, 7) is 5.89. The van der Waals surface area contributed by atoms with E-state index in [1.165, 1.54) is 12.8 Å². The third-order valence-corrected chi connectivity index (χ3v) is 4.38. The van der Waals surface area contributed by atoms with Crippen LogP contribution in [0.15, 0.2) is 18.2 Å². The van der Waals surface area contributed by atoms with Crippen LogP contribution in [-0.4, -0.2) is 36.0 Å². The Kier molecular flexibility index (Phi) is 3.72. The van der Waals surface area contributed by atoms with Gasteiger partial charge in [-0.15, -0.1) is 0 Å². The molecule has 1 aromatic carbocycles. The number of hydrogen-bond acceptors (Lipinski definition) is 4. The lowest BCUT2D eigenvalue weighted by Gasteiger charge is -2.35. The number of hydrogen-bond donors (Lipinski definition) is 1. The highest BCUT2D eigenvalue weighted by atomic mass is 16.6. The highest BCUT2D eigenvalue weighted by Gasteiger charge is 2.37. The van der Waals surface area contributed by atoms with Crippen LogP contribution >= 0.6 is 0 Å². The third kappa shape index (κ3) is 2.69. The zero-order chi connectivity index (χ0) is 14.1. The second-order valence-electron chi connectivity index (χ2n) is 5.87. The van der Waals surface area contributed by atoms with E-state index < -0.39 is 0 Å². The molecule has 1 saturated heterocycles. The van der Waals surface area contributed by atoms with E-state index in [1.54, 1.807) is 13.0 Å². The molecule has 0 amide bonds. The van der Waals surface area contributed by atoms with E-state index in [4.69, 9.17) is 0 Å². The Morgan fingerprint density at radius 2 is 2.05 bits per heavy atom. The van der Waals surface area contributed by atoms with Crippen LogP contribution in [0.5, 0.6) is 0 Å². The van der Waals surface area contributed by atoms with Gasteiger partial charge in [-0.1, -0.05) is 12.1 Å². The van der Waals surface area contributed by atoms with Crippen molar-refractivity contribution in [3.63, 3.8) is 0 Å². The predicted molar refractivity (Wildman–Crippen MR) is 77.7 cm³/mol. The molecule has 2 aliphatic rings. The number of nitro benzene ring substituents is 1. The standard InChI is InChI=1S/C15H21N3O2/c1-11-2-3-13(10-14(11)18(19)20)15(12-4-5-12)17-8-6-16-7-9-17/h2-3,10,12,15-16H,4-9H2,1H3/t15-/m1/s1. The van der Waals surface area contributed by atoms with Gasteiger partial charge in [0.15, 0.2) is 0 Å². The van der Waals surface area contributed by atoms with Crippen LogP contribution in [-0.2, 0) is 0 Å². The quantitative estimate of drug-likeness (QED) is 0.676. The minimum Gasteiger partial charge on any atom is -0.314 e. The normalized spacial score (nSPS) is 21.6. The van der Waals surface area contributed by atoms with Crippen molar-refractivity contribution in [2.75, 3.05) is 26.2 Å². The largest absolute Gasteiger partial charge is 0.314 e. The van der Waals surface area contributed by atoms with Crippen molar-refractivity contribution in [1.82, 2.24) is 10.2 Å². The van der Waals surface area contributed by atoms with E-state index in [2.05, 4.69) is 16.3 Å². The average Bonchev–Trinajstić information content (AvgIpc) is 3.26. The summed E-state index contributed by atoms with van der Waals surface area (Å²) in [6, 6.07) is 6.12.